The Morgan fingerprint density at radius 3 is 1.34 bits per heavy atom. The van der Waals surface area contributed by atoms with Gasteiger partial charge in [0.05, 0.1) is 24.4 Å². The molecule has 0 radical (unpaired) electrons. The first-order valence-corrected chi connectivity index (χ1v) is 17.9. The van der Waals surface area contributed by atoms with E-state index in [1.807, 2.05) is 12.2 Å². The van der Waals surface area contributed by atoms with Gasteiger partial charge in [0.25, 0.3) is 0 Å². The summed E-state index contributed by atoms with van der Waals surface area (Å²) in [6.07, 6.45) is 15.2. The van der Waals surface area contributed by atoms with Crippen molar-refractivity contribution in [2.75, 3.05) is 0 Å². The largest absolute Gasteiger partial charge is 0.393 e. The van der Waals surface area contributed by atoms with Gasteiger partial charge in [-0.3, -0.25) is 9.59 Å². The van der Waals surface area contributed by atoms with E-state index in [9.17, 15) is 30.0 Å². The van der Waals surface area contributed by atoms with Crippen LogP contribution in [0.5, 0.6) is 0 Å². The lowest BCUT2D eigenvalue weighted by molar-refractivity contribution is -0.120. The topological polar surface area (TPSA) is 115 Å². The smallest absolute Gasteiger partial charge is 0.155 e. The van der Waals surface area contributed by atoms with Crippen LogP contribution in [-0.2, 0) is 9.59 Å². The molecular formula is C38H56O6. The van der Waals surface area contributed by atoms with E-state index in [-0.39, 0.29) is 57.9 Å². The van der Waals surface area contributed by atoms with Crippen LogP contribution >= 0.6 is 0 Å². The van der Waals surface area contributed by atoms with Crippen LogP contribution in [0.15, 0.2) is 23.3 Å². The minimum atomic E-state index is -0.355. The summed E-state index contributed by atoms with van der Waals surface area (Å²) >= 11 is 0. The van der Waals surface area contributed by atoms with Gasteiger partial charge in [-0.2, -0.15) is 0 Å². The Morgan fingerprint density at radius 1 is 0.568 bits per heavy atom. The molecule has 0 aliphatic heterocycles. The van der Waals surface area contributed by atoms with Crippen LogP contribution in [0.4, 0.5) is 0 Å². The number of fused-ring (bicyclic) bond motifs is 10. The predicted octanol–water partition coefficient (Wildman–Crippen LogP) is 5.70. The highest BCUT2D eigenvalue weighted by atomic mass is 16.3. The maximum Gasteiger partial charge on any atom is 0.155 e. The van der Waals surface area contributed by atoms with Gasteiger partial charge >= 0.3 is 0 Å². The molecule has 6 nitrogen and oxygen atoms in total. The summed E-state index contributed by atoms with van der Waals surface area (Å²) < 4.78 is 0. The van der Waals surface area contributed by atoms with Crippen LogP contribution in [0, 0.1) is 57.2 Å². The molecule has 8 rings (SSSR count). The lowest BCUT2D eigenvalue weighted by atomic mass is 9.47. The molecule has 0 heterocycles. The molecular weight excluding hydrogens is 552 g/mol. The van der Waals surface area contributed by atoms with E-state index in [4.69, 9.17) is 0 Å². The molecule has 0 bridgehead atoms. The van der Waals surface area contributed by atoms with Crippen molar-refractivity contribution in [2.24, 2.45) is 57.2 Å². The van der Waals surface area contributed by atoms with Gasteiger partial charge in [0.15, 0.2) is 11.6 Å². The highest BCUT2D eigenvalue weighted by molar-refractivity contribution is 5.92. The van der Waals surface area contributed by atoms with Gasteiger partial charge in [-0.05, 0) is 134 Å². The van der Waals surface area contributed by atoms with Crippen LogP contribution in [0.2, 0.25) is 0 Å². The van der Waals surface area contributed by atoms with Gasteiger partial charge < -0.3 is 20.4 Å². The van der Waals surface area contributed by atoms with Gasteiger partial charge in [0.1, 0.15) is 0 Å². The zero-order valence-corrected chi connectivity index (χ0v) is 27.4. The molecule has 4 N–H and O–H groups in total. The van der Waals surface area contributed by atoms with Crippen molar-refractivity contribution in [3.63, 3.8) is 0 Å². The first-order chi connectivity index (χ1) is 20.7. The maximum atomic E-state index is 11.8. The molecule has 6 fully saturated rings. The Hall–Kier alpha value is -1.34. The Balaban J connectivity index is 0.000000142. The third-order valence-corrected chi connectivity index (χ3v) is 15.8. The van der Waals surface area contributed by atoms with E-state index in [1.165, 1.54) is 11.1 Å². The molecule has 14 atom stereocenters. The molecule has 2 unspecified atom stereocenters. The fourth-order valence-corrected chi connectivity index (χ4v) is 13.2. The van der Waals surface area contributed by atoms with Crippen molar-refractivity contribution in [3.05, 3.63) is 23.3 Å². The van der Waals surface area contributed by atoms with Crippen LogP contribution in [0.3, 0.4) is 0 Å². The first-order valence-electron chi connectivity index (χ1n) is 17.9. The van der Waals surface area contributed by atoms with Crippen molar-refractivity contribution < 1.29 is 30.0 Å². The summed E-state index contributed by atoms with van der Waals surface area (Å²) in [6, 6.07) is 0. The van der Waals surface area contributed by atoms with Crippen molar-refractivity contribution in [1.82, 2.24) is 0 Å². The molecule has 0 aromatic rings. The van der Waals surface area contributed by atoms with Crippen LogP contribution in [0.1, 0.15) is 118 Å². The minimum absolute atomic E-state index is 0.108. The molecule has 6 saturated carbocycles. The zero-order valence-electron chi connectivity index (χ0n) is 27.4. The molecule has 8 aliphatic rings. The summed E-state index contributed by atoms with van der Waals surface area (Å²) in [4.78, 5) is 23.6. The Kier molecular flexibility index (Phi) is 7.52. The van der Waals surface area contributed by atoms with Gasteiger partial charge in [0, 0.05) is 25.7 Å². The molecule has 0 spiro atoms. The normalized spacial score (nSPS) is 54.3. The number of carbonyl (C=O) groups excluding carboxylic acids is 2. The number of ketones is 2. The van der Waals surface area contributed by atoms with Gasteiger partial charge in [-0.1, -0.05) is 38.8 Å². The highest BCUT2D eigenvalue weighted by Crippen LogP contribution is 2.66. The number of aliphatic hydroxyl groups is 4. The second-order valence-electron chi connectivity index (χ2n) is 17.5. The van der Waals surface area contributed by atoms with Crippen molar-refractivity contribution in [3.8, 4) is 0 Å². The number of allylic oxidation sites excluding steroid dienone is 2. The van der Waals surface area contributed by atoms with Gasteiger partial charge in [-0.25, -0.2) is 0 Å². The third-order valence-electron chi connectivity index (χ3n) is 15.8. The lowest BCUT2D eigenvalue weighted by Gasteiger charge is -2.58. The van der Waals surface area contributed by atoms with Gasteiger partial charge in [0.2, 0.25) is 0 Å². The summed E-state index contributed by atoms with van der Waals surface area (Å²) in [6.45, 7) is 9.07. The molecule has 44 heavy (non-hydrogen) atoms. The monoisotopic (exact) mass is 608 g/mol. The average molecular weight is 609 g/mol. The van der Waals surface area contributed by atoms with Crippen molar-refractivity contribution in [2.45, 2.75) is 142 Å². The zero-order chi connectivity index (χ0) is 31.4. The first kappa shape index (κ1) is 31.3. The average Bonchev–Trinajstić information content (AvgIpc) is 3.35. The van der Waals surface area contributed by atoms with Crippen LogP contribution in [0.25, 0.3) is 0 Å². The second-order valence-corrected chi connectivity index (χ2v) is 17.5. The predicted molar refractivity (Wildman–Crippen MR) is 168 cm³/mol. The Morgan fingerprint density at radius 2 is 0.955 bits per heavy atom. The summed E-state index contributed by atoms with van der Waals surface area (Å²) in [7, 11) is 0. The van der Waals surface area contributed by atoms with E-state index in [0.29, 0.717) is 60.9 Å². The SMILES string of the molecule is C[C@]12CC[C@H]3[C@@H](CCC4=CC(=O)CC[C@@]43C)[C@@H]1C(O)C[C@@H]2O.C[C@]12CC[C@H]3[C@@H](CCC4=CC(=O)CC[C@@]43C)[C@@H]1C(O)C[C@@H]2O. The van der Waals surface area contributed by atoms with Crippen LogP contribution < -0.4 is 0 Å². The Labute approximate surface area is 263 Å². The van der Waals surface area contributed by atoms with Gasteiger partial charge in [-0.15, -0.1) is 0 Å². The number of hydrogen-bond donors (Lipinski definition) is 4. The maximum absolute atomic E-state index is 11.8. The highest BCUT2D eigenvalue weighted by Gasteiger charge is 2.63. The van der Waals surface area contributed by atoms with E-state index >= 15 is 0 Å². The lowest BCUT2D eigenvalue weighted by Crippen LogP contribution is -2.52. The minimum Gasteiger partial charge on any atom is -0.393 e. The van der Waals surface area contributed by atoms with Crippen LogP contribution in [-0.4, -0.2) is 56.4 Å². The molecule has 0 amide bonds. The fourth-order valence-electron chi connectivity index (χ4n) is 13.2. The van der Waals surface area contributed by atoms with Crippen molar-refractivity contribution in [1.29, 1.82) is 0 Å². The standard InChI is InChI=1S/2C19H28O3/c2*1-18-7-5-12(20)9-11(18)3-4-13-14(18)6-8-19(2)16(22)10-15(21)17(13)19/h2*9,13-17,21-22H,3-8,10H2,1-2H3/t2*13-,14+,15?,16+,17-,18+,19-/m11/s1. The quantitative estimate of drug-likeness (QED) is 0.281. The van der Waals surface area contributed by atoms with E-state index in [0.717, 1.165) is 64.2 Å². The molecule has 6 heteroatoms. The third kappa shape index (κ3) is 4.39. The summed E-state index contributed by atoms with van der Waals surface area (Å²) in [5.74, 6) is 3.19. The molecule has 244 valence electrons. The summed E-state index contributed by atoms with van der Waals surface area (Å²) in [5, 5.41) is 42.1. The van der Waals surface area contributed by atoms with E-state index < -0.39 is 0 Å². The fraction of sp³-hybridized carbons (Fsp3) is 0.842. The van der Waals surface area contributed by atoms with E-state index in [1.54, 1.807) is 0 Å². The molecule has 0 aromatic carbocycles. The Bertz CT molecular complexity index is 1170. The van der Waals surface area contributed by atoms with Crippen molar-refractivity contribution >= 4 is 11.6 Å². The molecule has 0 aromatic heterocycles. The molecule has 0 saturated heterocycles. The summed E-state index contributed by atoms with van der Waals surface area (Å²) in [5.41, 5.74) is 2.80. The number of carbonyl (C=O) groups is 2. The molecule has 8 aliphatic carbocycles. The van der Waals surface area contributed by atoms with E-state index in [2.05, 4.69) is 27.7 Å². The number of hydrogen-bond acceptors (Lipinski definition) is 6. The number of rotatable bonds is 0. The second kappa shape index (κ2) is 10.6. The number of aliphatic hydroxyl groups excluding tert-OH is 4.